The molecule has 2 heteroatoms. The van der Waals surface area contributed by atoms with Gasteiger partial charge in [0.1, 0.15) is 0 Å². The third-order valence-corrected chi connectivity index (χ3v) is 3.70. The minimum Gasteiger partial charge on any atom is -0.377 e. The van der Waals surface area contributed by atoms with E-state index in [1.807, 2.05) is 0 Å². The number of nitriles is 1. The Morgan fingerprint density at radius 2 is 1.82 bits per heavy atom. The van der Waals surface area contributed by atoms with Gasteiger partial charge in [0.15, 0.2) is 0 Å². The Kier molecular flexibility index (Phi) is 8.09. The fraction of sp³-hybridized carbons (Fsp3) is 0.933. The molecule has 1 fully saturated rings. The normalized spacial score (nSPS) is 25.2. The molecular weight excluding hydrogens is 210 g/mol. The first-order valence-electron chi connectivity index (χ1n) is 7.39. The van der Waals surface area contributed by atoms with Crippen molar-refractivity contribution >= 4 is 0 Å². The van der Waals surface area contributed by atoms with Gasteiger partial charge >= 0.3 is 0 Å². The van der Waals surface area contributed by atoms with Crippen LogP contribution in [0.25, 0.3) is 0 Å². The van der Waals surface area contributed by atoms with Crippen molar-refractivity contribution in [2.45, 2.75) is 77.2 Å². The largest absolute Gasteiger partial charge is 0.377 e. The number of rotatable bonds is 7. The van der Waals surface area contributed by atoms with E-state index >= 15 is 0 Å². The standard InChI is InChI=1S/C15H27NO/c1-2-3-4-5-9-12-17-15-11-8-6-7-10-14(15)13-16/h14-15H,2-12H2,1H3. The average Bonchev–Trinajstić information content (AvgIpc) is 2.58. The van der Waals surface area contributed by atoms with E-state index in [2.05, 4.69) is 13.0 Å². The second-order valence-electron chi connectivity index (χ2n) is 5.20. The van der Waals surface area contributed by atoms with Crippen LogP contribution in [0.1, 0.15) is 71.1 Å². The van der Waals surface area contributed by atoms with Crippen molar-refractivity contribution in [3.8, 4) is 6.07 Å². The smallest absolute Gasteiger partial charge is 0.0733 e. The highest BCUT2D eigenvalue weighted by atomic mass is 16.5. The van der Waals surface area contributed by atoms with Crippen molar-refractivity contribution in [2.24, 2.45) is 5.92 Å². The molecule has 0 N–H and O–H groups in total. The lowest BCUT2D eigenvalue weighted by atomic mass is 9.99. The first kappa shape index (κ1) is 14.5. The van der Waals surface area contributed by atoms with E-state index in [-0.39, 0.29) is 12.0 Å². The fourth-order valence-corrected chi connectivity index (χ4v) is 2.56. The highest BCUT2D eigenvalue weighted by Gasteiger charge is 2.23. The van der Waals surface area contributed by atoms with E-state index in [0.29, 0.717) is 0 Å². The third-order valence-electron chi connectivity index (χ3n) is 3.70. The molecular formula is C15H27NO. The Morgan fingerprint density at radius 3 is 2.59 bits per heavy atom. The van der Waals surface area contributed by atoms with Gasteiger partial charge in [0.25, 0.3) is 0 Å². The Morgan fingerprint density at radius 1 is 1.06 bits per heavy atom. The maximum absolute atomic E-state index is 9.13. The minimum absolute atomic E-state index is 0.146. The summed E-state index contributed by atoms with van der Waals surface area (Å²) >= 11 is 0. The summed E-state index contributed by atoms with van der Waals surface area (Å²) in [6, 6.07) is 2.43. The first-order chi connectivity index (χ1) is 8.38. The summed E-state index contributed by atoms with van der Waals surface area (Å²) in [5.74, 6) is 0.146. The lowest BCUT2D eigenvalue weighted by Crippen LogP contribution is -2.22. The molecule has 98 valence electrons. The van der Waals surface area contributed by atoms with Crippen LogP contribution in [0.4, 0.5) is 0 Å². The van der Waals surface area contributed by atoms with Crippen LogP contribution in [0, 0.1) is 17.2 Å². The molecule has 0 amide bonds. The molecule has 2 unspecified atom stereocenters. The Bertz CT molecular complexity index is 221. The topological polar surface area (TPSA) is 33.0 Å². The Labute approximate surface area is 106 Å². The van der Waals surface area contributed by atoms with Gasteiger partial charge in [-0.25, -0.2) is 0 Å². The average molecular weight is 237 g/mol. The number of nitrogens with zero attached hydrogens (tertiary/aromatic N) is 1. The van der Waals surface area contributed by atoms with Gasteiger partial charge in [0.2, 0.25) is 0 Å². The zero-order valence-electron chi connectivity index (χ0n) is 11.3. The molecule has 0 aromatic carbocycles. The number of hydrogen-bond donors (Lipinski definition) is 0. The van der Waals surface area contributed by atoms with Crippen LogP contribution in [-0.4, -0.2) is 12.7 Å². The summed E-state index contributed by atoms with van der Waals surface area (Å²) < 4.78 is 5.92. The predicted octanol–water partition coefficient (Wildman–Crippen LogP) is 4.45. The first-order valence-corrected chi connectivity index (χ1v) is 7.39. The fourth-order valence-electron chi connectivity index (χ4n) is 2.56. The Balaban J connectivity index is 2.13. The highest BCUT2D eigenvalue weighted by Crippen LogP contribution is 2.25. The minimum atomic E-state index is 0.146. The van der Waals surface area contributed by atoms with E-state index in [1.165, 1.54) is 44.9 Å². The summed E-state index contributed by atoms with van der Waals surface area (Å²) in [4.78, 5) is 0. The van der Waals surface area contributed by atoms with Crippen LogP contribution in [0.5, 0.6) is 0 Å². The zero-order chi connectivity index (χ0) is 12.3. The molecule has 1 aliphatic carbocycles. The molecule has 1 aliphatic rings. The van der Waals surface area contributed by atoms with E-state index in [1.54, 1.807) is 0 Å². The summed E-state index contributed by atoms with van der Waals surface area (Å²) in [6.07, 6.45) is 12.4. The molecule has 2 atom stereocenters. The van der Waals surface area contributed by atoms with Crippen molar-refractivity contribution in [3.63, 3.8) is 0 Å². The maximum atomic E-state index is 9.13. The van der Waals surface area contributed by atoms with Gasteiger partial charge in [-0.05, 0) is 19.3 Å². The Hall–Kier alpha value is -0.550. The van der Waals surface area contributed by atoms with E-state index in [0.717, 1.165) is 25.9 Å². The van der Waals surface area contributed by atoms with Crippen LogP contribution in [0.2, 0.25) is 0 Å². The highest BCUT2D eigenvalue weighted by molar-refractivity contribution is 4.90. The molecule has 0 aliphatic heterocycles. The van der Waals surface area contributed by atoms with Gasteiger partial charge in [-0.2, -0.15) is 5.26 Å². The summed E-state index contributed by atoms with van der Waals surface area (Å²) in [5, 5.41) is 9.13. The van der Waals surface area contributed by atoms with E-state index in [9.17, 15) is 0 Å². The second-order valence-corrected chi connectivity index (χ2v) is 5.20. The van der Waals surface area contributed by atoms with E-state index in [4.69, 9.17) is 10.00 Å². The predicted molar refractivity (Wildman–Crippen MR) is 70.7 cm³/mol. The molecule has 0 bridgehead atoms. The van der Waals surface area contributed by atoms with Crippen LogP contribution < -0.4 is 0 Å². The number of unbranched alkanes of at least 4 members (excludes halogenated alkanes) is 4. The summed E-state index contributed by atoms with van der Waals surface area (Å²) in [7, 11) is 0. The van der Waals surface area contributed by atoms with E-state index < -0.39 is 0 Å². The van der Waals surface area contributed by atoms with Crippen LogP contribution in [-0.2, 0) is 4.74 Å². The number of ether oxygens (including phenoxy) is 1. The van der Waals surface area contributed by atoms with Crippen molar-refractivity contribution in [1.82, 2.24) is 0 Å². The van der Waals surface area contributed by atoms with Crippen LogP contribution >= 0.6 is 0 Å². The molecule has 0 aromatic rings. The lowest BCUT2D eigenvalue weighted by Gasteiger charge is -2.19. The van der Waals surface area contributed by atoms with Crippen LogP contribution in [0.3, 0.4) is 0 Å². The molecule has 0 aromatic heterocycles. The molecule has 2 nitrogen and oxygen atoms in total. The molecule has 0 spiro atoms. The zero-order valence-corrected chi connectivity index (χ0v) is 11.3. The summed E-state index contributed by atoms with van der Waals surface area (Å²) in [6.45, 7) is 3.09. The maximum Gasteiger partial charge on any atom is 0.0733 e. The van der Waals surface area contributed by atoms with Crippen molar-refractivity contribution in [1.29, 1.82) is 5.26 Å². The quantitative estimate of drug-likeness (QED) is 0.484. The van der Waals surface area contributed by atoms with Crippen molar-refractivity contribution in [2.75, 3.05) is 6.61 Å². The van der Waals surface area contributed by atoms with Crippen molar-refractivity contribution < 1.29 is 4.74 Å². The molecule has 1 rings (SSSR count). The lowest BCUT2D eigenvalue weighted by molar-refractivity contribution is 0.0211. The molecule has 1 saturated carbocycles. The molecule has 0 saturated heterocycles. The molecule has 17 heavy (non-hydrogen) atoms. The monoisotopic (exact) mass is 237 g/mol. The van der Waals surface area contributed by atoms with Crippen molar-refractivity contribution in [3.05, 3.63) is 0 Å². The van der Waals surface area contributed by atoms with Gasteiger partial charge in [0, 0.05) is 6.61 Å². The van der Waals surface area contributed by atoms with Gasteiger partial charge in [-0.3, -0.25) is 0 Å². The summed E-state index contributed by atoms with van der Waals surface area (Å²) in [5.41, 5.74) is 0. The van der Waals surface area contributed by atoms with Gasteiger partial charge in [-0.1, -0.05) is 51.9 Å². The van der Waals surface area contributed by atoms with Crippen LogP contribution in [0.15, 0.2) is 0 Å². The van der Waals surface area contributed by atoms with Gasteiger partial charge < -0.3 is 4.74 Å². The SMILES string of the molecule is CCCCCCCOC1CCCCCC1C#N. The molecule has 0 radical (unpaired) electrons. The third kappa shape index (κ3) is 6.07. The second kappa shape index (κ2) is 9.48. The molecule has 0 heterocycles. The van der Waals surface area contributed by atoms with Gasteiger partial charge in [-0.15, -0.1) is 0 Å². The van der Waals surface area contributed by atoms with Gasteiger partial charge in [0.05, 0.1) is 18.1 Å². The number of hydrogen-bond acceptors (Lipinski definition) is 2.